The third-order valence-corrected chi connectivity index (χ3v) is 3.53. The number of hydrogen-bond donors (Lipinski definition) is 1. The maximum atomic E-state index is 3.85. The van der Waals surface area contributed by atoms with E-state index in [1.54, 1.807) is 0 Å². The first-order valence-corrected chi connectivity index (χ1v) is 6.71. The normalized spacial score (nSPS) is 19.3. The molecule has 0 bridgehead atoms. The quantitative estimate of drug-likeness (QED) is 0.598. The summed E-state index contributed by atoms with van der Waals surface area (Å²) in [5, 5.41) is 3.62. The van der Waals surface area contributed by atoms with Crippen LogP contribution in [0.3, 0.4) is 0 Å². The van der Waals surface area contributed by atoms with Gasteiger partial charge in [0.25, 0.3) is 0 Å². The first-order valence-electron chi connectivity index (χ1n) is 6.71. The Morgan fingerprint density at radius 2 is 2.13 bits per heavy atom. The van der Waals surface area contributed by atoms with E-state index in [4.69, 9.17) is 0 Å². The van der Waals surface area contributed by atoms with Gasteiger partial charge < -0.3 is 5.32 Å². The van der Waals surface area contributed by atoms with E-state index in [1.807, 2.05) is 0 Å². The fourth-order valence-electron chi connectivity index (χ4n) is 2.59. The summed E-state index contributed by atoms with van der Waals surface area (Å²) in [7, 11) is 0. The molecule has 1 aliphatic rings. The van der Waals surface area contributed by atoms with Crippen LogP contribution in [0.15, 0.2) is 12.7 Å². The molecule has 1 heteroatoms. The topological polar surface area (TPSA) is 12.0 Å². The molecule has 1 rings (SSSR count). The van der Waals surface area contributed by atoms with E-state index in [0.29, 0.717) is 6.04 Å². The standard InChI is InChI=1S/C14H27N/c1-3-7-14(15-12-4-2)11-10-13-8-5-6-9-13/h3,13-15H,1,4-12H2,2H3. The largest absolute Gasteiger partial charge is 0.314 e. The van der Waals surface area contributed by atoms with Crippen LogP contribution in [0.5, 0.6) is 0 Å². The molecule has 0 aromatic carbocycles. The molecule has 0 aromatic heterocycles. The Morgan fingerprint density at radius 3 is 2.73 bits per heavy atom. The molecule has 0 radical (unpaired) electrons. The molecule has 0 heterocycles. The molecule has 0 spiro atoms. The Balaban J connectivity index is 2.14. The van der Waals surface area contributed by atoms with Gasteiger partial charge in [-0.1, -0.05) is 38.7 Å². The lowest BCUT2D eigenvalue weighted by Gasteiger charge is -2.18. The van der Waals surface area contributed by atoms with Crippen LogP contribution in [-0.4, -0.2) is 12.6 Å². The fourth-order valence-corrected chi connectivity index (χ4v) is 2.59. The second-order valence-electron chi connectivity index (χ2n) is 4.90. The second-order valence-corrected chi connectivity index (χ2v) is 4.90. The van der Waals surface area contributed by atoms with E-state index >= 15 is 0 Å². The average Bonchev–Trinajstić information content (AvgIpc) is 2.75. The van der Waals surface area contributed by atoms with Crippen LogP contribution >= 0.6 is 0 Å². The van der Waals surface area contributed by atoms with Gasteiger partial charge >= 0.3 is 0 Å². The molecule has 1 fully saturated rings. The highest BCUT2D eigenvalue weighted by atomic mass is 14.9. The lowest BCUT2D eigenvalue weighted by molar-refractivity contribution is 0.406. The molecule has 88 valence electrons. The van der Waals surface area contributed by atoms with Crippen molar-refractivity contribution in [3.63, 3.8) is 0 Å². The van der Waals surface area contributed by atoms with Gasteiger partial charge in [-0.05, 0) is 38.1 Å². The molecule has 1 atom stereocenters. The zero-order valence-corrected chi connectivity index (χ0v) is 10.3. The van der Waals surface area contributed by atoms with Crippen LogP contribution in [0.25, 0.3) is 0 Å². The number of nitrogens with one attached hydrogen (secondary N) is 1. The van der Waals surface area contributed by atoms with Crippen molar-refractivity contribution in [2.24, 2.45) is 5.92 Å². The molecule has 1 aliphatic carbocycles. The molecular weight excluding hydrogens is 182 g/mol. The highest BCUT2D eigenvalue weighted by Gasteiger charge is 2.16. The molecule has 1 N–H and O–H groups in total. The van der Waals surface area contributed by atoms with Gasteiger partial charge in [0.1, 0.15) is 0 Å². The van der Waals surface area contributed by atoms with E-state index < -0.39 is 0 Å². The van der Waals surface area contributed by atoms with E-state index in [9.17, 15) is 0 Å². The summed E-state index contributed by atoms with van der Waals surface area (Å²) in [6.07, 6.45) is 13.1. The van der Waals surface area contributed by atoms with Crippen LogP contribution in [0.1, 0.15) is 58.3 Å². The van der Waals surface area contributed by atoms with Gasteiger partial charge in [0.2, 0.25) is 0 Å². The predicted molar refractivity (Wildman–Crippen MR) is 68.1 cm³/mol. The minimum atomic E-state index is 0.683. The molecule has 0 aromatic rings. The first-order chi connectivity index (χ1) is 7.36. The van der Waals surface area contributed by atoms with Gasteiger partial charge in [0.05, 0.1) is 0 Å². The Kier molecular flexibility index (Phi) is 6.74. The van der Waals surface area contributed by atoms with E-state index in [0.717, 1.165) is 18.9 Å². The summed E-state index contributed by atoms with van der Waals surface area (Å²) in [6, 6.07) is 0.683. The smallest absolute Gasteiger partial charge is 0.0102 e. The Hall–Kier alpha value is -0.300. The minimum Gasteiger partial charge on any atom is -0.314 e. The van der Waals surface area contributed by atoms with Gasteiger partial charge in [-0.2, -0.15) is 0 Å². The summed E-state index contributed by atoms with van der Waals surface area (Å²) < 4.78 is 0. The Labute approximate surface area is 95.3 Å². The Bertz CT molecular complexity index is 159. The second kappa shape index (κ2) is 7.92. The van der Waals surface area contributed by atoms with Gasteiger partial charge in [0, 0.05) is 6.04 Å². The number of hydrogen-bond acceptors (Lipinski definition) is 1. The lowest BCUT2D eigenvalue weighted by Crippen LogP contribution is -2.29. The first kappa shape index (κ1) is 12.8. The van der Waals surface area contributed by atoms with Gasteiger partial charge in [0.15, 0.2) is 0 Å². The summed E-state index contributed by atoms with van der Waals surface area (Å²) >= 11 is 0. The van der Waals surface area contributed by atoms with Crippen molar-refractivity contribution in [2.75, 3.05) is 6.54 Å². The van der Waals surface area contributed by atoms with Crippen LogP contribution in [0.4, 0.5) is 0 Å². The van der Waals surface area contributed by atoms with Crippen molar-refractivity contribution < 1.29 is 0 Å². The van der Waals surface area contributed by atoms with Crippen molar-refractivity contribution in [3.05, 3.63) is 12.7 Å². The van der Waals surface area contributed by atoms with E-state index in [1.165, 1.54) is 44.9 Å². The zero-order valence-electron chi connectivity index (χ0n) is 10.3. The van der Waals surface area contributed by atoms with Crippen molar-refractivity contribution in [1.29, 1.82) is 0 Å². The highest BCUT2D eigenvalue weighted by Crippen LogP contribution is 2.29. The van der Waals surface area contributed by atoms with Crippen molar-refractivity contribution in [3.8, 4) is 0 Å². The number of rotatable bonds is 8. The van der Waals surface area contributed by atoms with E-state index in [-0.39, 0.29) is 0 Å². The molecule has 1 nitrogen and oxygen atoms in total. The van der Waals surface area contributed by atoms with Gasteiger partial charge in [-0.25, -0.2) is 0 Å². The van der Waals surface area contributed by atoms with Crippen LogP contribution in [-0.2, 0) is 0 Å². The SMILES string of the molecule is C=CCC(CCC1CCCC1)NCCC. The van der Waals surface area contributed by atoms with Crippen LogP contribution < -0.4 is 5.32 Å². The average molecular weight is 209 g/mol. The predicted octanol–water partition coefficient (Wildman–Crippen LogP) is 3.90. The maximum absolute atomic E-state index is 3.85. The van der Waals surface area contributed by atoms with Gasteiger partial charge in [-0.3, -0.25) is 0 Å². The molecular formula is C14H27N. The van der Waals surface area contributed by atoms with Crippen molar-refractivity contribution in [2.45, 2.75) is 64.3 Å². The van der Waals surface area contributed by atoms with Crippen LogP contribution in [0.2, 0.25) is 0 Å². The van der Waals surface area contributed by atoms with Crippen molar-refractivity contribution >= 4 is 0 Å². The highest BCUT2D eigenvalue weighted by molar-refractivity contribution is 4.79. The van der Waals surface area contributed by atoms with Crippen LogP contribution in [0, 0.1) is 5.92 Å². The third-order valence-electron chi connectivity index (χ3n) is 3.53. The summed E-state index contributed by atoms with van der Waals surface area (Å²) in [4.78, 5) is 0. The molecule has 1 saturated carbocycles. The fraction of sp³-hybridized carbons (Fsp3) is 0.857. The van der Waals surface area contributed by atoms with Gasteiger partial charge in [-0.15, -0.1) is 6.58 Å². The lowest BCUT2D eigenvalue weighted by atomic mass is 9.97. The van der Waals surface area contributed by atoms with Crippen molar-refractivity contribution in [1.82, 2.24) is 5.32 Å². The molecule has 0 saturated heterocycles. The summed E-state index contributed by atoms with van der Waals surface area (Å²) in [5.74, 6) is 1.03. The monoisotopic (exact) mass is 209 g/mol. The molecule has 0 amide bonds. The minimum absolute atomic E-state index is 0.683. The summed E-state index contributed by atoms with van der Waals surface area (Å²) in [6.45, 7) is 7.24. The molecule has 0 aliphatic heterocycles. The third kappa shape index (κ3) is 5.36. The van der Waals surface area contributed by atoms with E-state index in [2.05, 4.69) is 24.9 Å². The Morgan fingerprint density at radius 1 is 1.40 bits per heavy atom. The summed E-state index contributed by atoms with van der Waals surface area (Å²) in [5.41, 5.74) is 0. The zero-order chi connectivity index (χ0) is 10.9. The molecule has 15 heavy (non-hydrogen) atoms. The maximum Gasteiger partial charge on any atom is 0.0102 e. The molecule has 1 unspecified atom stereocenters.